The minimum Gasteiger partial charge on any atom is -0.493 e. The lowest BCUT2D eigenvalue weighted by Gasteiger charge is -2.18. The number of anilines is 1. The largest absolute Gasteiger partial charge is 0.493 e. The summed E-state index contributed by atoms with van der Waals surface area (Å²) in [5.74, 6) is 1.51. The highest BCUT2D eigenvalue weighted by Crippen LogP contribution is 2.40. The van der Waals surface area contributed by atoms with Gasteiger partial charge in [-0.25, -0.2) is 0 Å². The standard InChI is InChI=1S/C18H19BrClNO5/c1-10(26-14-6-5-11(20)7-13(14)19)18(22)21-12-8-15(23-2)17(25-4)16(9-12)24-3/h5-10H,1-4H3,(H,21,22). The van der Waals surface area contributed by atoms with Crippen molar-refractivity contribution in [2.24, 2.45) is 0 Å². The van der Waals surface area contributed by atoms with E-state index in [1.165, 1.54) is 21.3 Å². The molecule has 0 saturated carbocycles. The van der Waals surface area contributed by atoms with Crippen LogP contribution in [-0.4, -0.2) is 33.3 Å². The average molecular weight is 445 g/mol. The molecule has 8 heteroatoms. The Morgan fingerprint density at radius 1 is 1.04 bits per heavy atom. The van der Waals surface area contributed by atoms with Crippen LogP contribution in [0.3, 0.4) is 0 Å². The fraction of sp³-hybridized carbons (Fsp3) is 0.278. The Hall–Kier alpha value is -2.12. The molecular weight excluding hydrogens is 426 g/mol. The summed E-state index contributed by atoms with van der Waals surface area (Å²) in [5.41, 5.74) is 0.495. The first-order valence-corrected chi connectivity index (χ1v) is 8.79. The molecule has 0 saturated heterocycles. The summed E-state index contributed by atoms with van der Waals surface area (Å²) >= 11 is 9.26. The Labute approximate surface area is 165 Å². The fourth-order valence-corrected chi connectivity index (χ4v) is 2.99. The number of methoxy groups -OCH3 is 3. The lowest BCUT2D eigenvalue weighted by atomic mass is 10.2. The molecule has 0 aliphatic carbocycles. The second-order valence-corrected chi connectivity index (χ2v) is 6.53. The minimum absolute atomic E-state index is 0.332. The number of amides is 1. The van der Waals surface area contributed by atoms with Crippen LogP contribution in [0.2, 0.25) is 5.02 Å². The molecule has 1 N–H and O–H groups in total. The molecule has 0 aliphatic rings. The van der Waals surface area contributed by atoms with E-state index in [0.29, 0.717) is 38.2 Å². The van der Waals surface area contributed by atoms with E-state index in [1.807, 2.05) is 0 Å². The van der Waals surface area contributed by atoms with Crippen molar-refractivity contribution in [3.05, 3.63) is 39.8 Å². The van der Waals surface area contributed by atoms with Gasteiger partial charge in [0.15, 0.2) is 17.6 Å². The van der Waals surface area contributed by atoms with Crippen molar-refractivity contribution >= 4 is 39.1 Å². The van der Waals surface area contributed by atoms with Crippen LogP contribution in [0.1, 0.15) is 6.92 Å². The number of carbonyl (C=O) groups is 1. The normalized spacial score (nSPS) is 11.5. The van der Waals surface area contributed by atoms with Crippen molar-refractivity contribution < 1.29 is 23.7 Å². The van der Waals surface area contributed by atoms with E-state index >= 15 is 0 Å². The van der Waals surface area contributed by atoms with E-state index < -0.39 is 6.10 Å². The molecule has 1 amide bonds. The molecule has 1 unspecified atom stereocenters. The van der Waals surface area contributed by atoms with E-state index in [1.54, 1.807) is 37.3 Å². The summed E-state index contributed by atoms with van der Waals surface area (Å²) in [4.78, 5) is 12.5. The molecule has 2 aromatic carbocycles. The number of halogens is 2. The highest BCUT2D eigenvalue weighted by atomic mass is 79.9. The molecule has 140 valence electrons. The Morgan fingerprint density at radius 3 is 2.15 bits per heavy atom. The first kappa shape index (κ1) is 20.2. The highest BCUT2D eigenvalue weighted by Gasteiger charge is 2.19. The summed E-state index contributed by atoms with van der Waals surface area (Å²) in [6, 6.07) is 8.36. The van der Waals surface area contributed by atoms with Gasteiger partial charge in [0.25, 0.3) is 5.91 Å². The predicted octanol–water partition coefficient (Wildman–Crippen LogP) is 4.53. The van der Waals surface area contributed by atoms with Gasteiger partial charge >= 0.3 is 0 Å². The number of ether oxygens (including phenoxy) is 4. The van der Waals surface area contributed by atoms with Gasteiger partial charge in [0.1, 0.15) is 5.75 Å². The zero-order valence-electron chi connectivity index (χ0n) is 14.8. The third-order valence-corrected chi connectivity index (χ3v) is 4.35. The Bertz CT molecular complexity index is 774. The van der Waals surface area contributed by atoms with E-state index in [4.69, 9.17) is 30.5 Å². The SMILES string of the molecule is COc1cc(NC(=O)C(C)Oc2ccc(Cl)cc2Br)cc(OC)c1OC. The maximum Gasteiger partial charge on any atom is 0.265 e. The van der Waals surface area contributed by atoms with Crippen LogP contribution >= 0.6 is 27.5 Å². The second-order valence-electron chi connectivity index (χ2n) is 5.24. The van der Waals surface area contributed by atoms with Crippen molar-refractivity contribution in [3.8, 4) is 23.0 Å². The van der Waals surface area contributed by atoms with Crippen molar-refractivity contribution in [2.75, 3.05) is 26.6 Å². The number of nitrogens with one attached hydrogen (secondary N) is 1. The first-order chi connectivity index (χ1) is 12.4. The van der Waals surface area contributed by atoms with Crippen LogP contribution in [0, 0.1) is 0 Å². The van der Waals surface area contributed by atoms with Gasteiger partial charge < -0.3 is 24.3 Å². The zero-order valence-corrected chi connectivity index (χ0v) is 17.1. The number of carbonyl (C=O) groups excluding carboxylic acids is 1. The van der Waals surface area contributed by atoms with Crippen LogP contribution in [-0.2, 0) is 4.79 Å². The van der Waals surface area contributed by atoms with Crippen molar-refractivity contribution in [1.29, 1.82) is 0 Å². The first-order valence-electron chi connectivity index (χ1n) is 7.62. The van der Waals surface area contributed by atoms with Crippen LogP contribution in [0.15, 0.2) is 34.8 Å². The predicted molar refractivity (Wildman–Crippen MR) is 104 cm³/mol. The van der Waals surface area contributed by atoms with Gasteiger partial charge in [-0.05, 0) is 41.1 Å². The van der Waals surface area contributed by atoms with E-state index in [0.717, 1.165) is 0 Å². The second kappa shape index (κ2) is 9.00. The molecule has 0 spiro atoms. The van der Waals surface area contributed by atoms with Crippen LogP contribution in [0.25, 0.3) is 0 Å². The topological polar surface area (TPSA) is 66.0 Å². The highest BCUT2D eigenvalue weighted by molar-refractivity contribution is 9.10. The zero-order chi connectivity index (χ0) is 19.3. The molecule has 0 aliphatic heterocycles. The molecule has 0 bridgehead atoms. The molecule has 2 rings (SSSR count). The van der Waals surface area contributed by atoms with Crippen molar-refractivity contribution in [1.82, 2.24) is 0 Å². The third kappa shape index (κ3) is 4.74. The average Bonchev–Trinajstić information content (AvgIpc) is 2.62. The molecule has 1 atom stereocenters. The molecule has 2 aromatic rings. The quantitative estimate of drug-likeness (QED) is 0.679. The summed E-state index contributed by atoms with van der Waals surface area (Å²) in [6.07, 6.45) is -0.744. The molecule has 0 fully saturated rings. The lowest BCUT2D eigenvalue weighted by Crippen LogP contribution is -2.30. The third-order valence-electron chi connectivity index (χ3n) is 3.50. The van der Waals surface area contributed by atoms with E-state index in [-0.39, 0.29) is 5.91 Å². The smallest absolute Gasteiger partial charge is 0.265 e. The van der Waals surface area contributed by atoms with Gasteiger partial charge in [-0.15, -0.1) is 0 Å². The van der Waals surface area contributed by atoms with E-state index in [9.17, 15) is 4.79 Å². The van der Waals surface area contributed by atoms with Gasteiger partial charge in [-0.1, -0.05) is 11.6 Å². The monoisotopic (exact) mass is 443 g/mol. The maximum absolute atomic E-state index is 12.5. The van der Waals surface area contributed by atoms with Crippen LogP contribution in [0.5, 0.6) is 23.0 Å². The minimum atomic E-state index is -0.744. The number of rotatable bonds is 7. The fourth-order valence-electron chi connectivity index (χ4n) is 2.21. The van der Waals surface area contributed by atoms with Gasteiger partial charge in [0.2, 0.25) is 5.75 Å². The Balaban J connectivity index is 2.15. The number of hydrogen-bond acceptors (Lipinski definition) is 5. The molecular formula is C18H19BrClNO5. The number of benzene rings is 2. The van der Waals surface area contributed by atoms with Gasteiger partial charge in [-0.2, -0.15) is 0 Å². The molecule has 0 aromatic heterocycles. The van der Waals surface area contributed by atoms with Crippen LogP contribution in [0.4, 0.5) is 5.69 Å². The van der Waals surface area contributed by atoms with Crippen LogP contribution < -0.4 is 24.3 Å². The lowest BCUT2D eigenvalue weighted by molar-refractivity contribution is -0.122. The summed E-state index contributed by atoms with van der Waals surface area (Å²) in [7, 11) is 4.53. The van der Waals surface area contributed by atoms with Gasteiger partial charge in [0.05, 0.1) is 25.8 Å². The molecule has 26 heavy (non-hydrogen) atoms. The molecule has 6 nitrogen and oxygen atoms in total. The van der Waals surface area contributed by atoms with Crippen molar-refractivity contribution in [3.63, 3.8) is 0 Å². The van der Waals surface area contributed by atoms with E-state index in [2.05, 4.69) is 21.2 Å². The maximum atomic E-state index is 12.5. The Kier molecular flexibility index (Phi) is 6.99. The number of hydrogen-bond donors (Lipinski definition) is 1. The Morgan fingerprint density at radius 2 is 1.65 bits per heavy atom. The molecule has 0 heterocycles. The van der Waals surface area contributed by atoms with Gasteiger partial charge in [0, 0.05) is 22.8 Å². The summed E-state index contributed by atoms with van der Waals surface area (Å²) in [5, 5.41) is 3.34. The molecule has 0 radical (unpaired) electrons. The summed E-state index contributed by atoms with van der Waals surface area (Å²) < 4.78 is 22.2. The van der Waals surface area contributed by atoms with Crippen molar-refractivity contribution in [2.45, 2.75) is 13.0 Å². The summed E-state index contributed by atoms with van der Waals surface area (Å²) in [6.45, 7) is 1.65. The van der Waals surface area contributed by atoms with Gasteiger partial charge in [-0.3, -0.25) is 4.79 Å².